The summed E-state index contributed by atoms with van der Waals surface area (Å²) < 4.78 is 83.3. The van der Waals surface area contributed by atoms with Crippen LogP contribution in [0.15, 0.2) is 11.6 Å². The van der Waals surface area contributed by atoms with E-state index in [4.69, 9.17) is 13.1 Å². The fourth-order valence-electron chi connectivity index (χ4n) is 8.08. The zero-order chi connectivity index (χ0) is 31.1. The van der Waals surface area contributed by atoms with Crippen LogP contribution in [0.5, 0.6) is 0 Å². The fourth-order valence-corrected chi connectivity index (χ4v) is 9.29. The number of Topliss-reactive ketones (excluding diaryl/α,β-unsaturated/α-hetero) is 2. The first-order chi connectivity index (χ1) is 18.5. The van der Waals surface area contributed by atoms with Crippen LogP contribution in [-0.2, 0) is 52.5 Å². The third kappa shape index (κ3) is 4.71. The molecule has 12 nitrogen and oxygen atoms in total. The number of carbonyl (C=O) groups is 4. The van der Waals surface area contributed by atoms with Crippen molar-refractivity contribution in [2.75, 3.05) is 19.1 Å². The van der Waals surface area contributed by atoms with Gasteiger partial charge in [0.15, 0.2) is 23.8 Å². The van der Waals surface area contributed by atoms with Crippen molar-refractivity contribution >= 4 is 43.6 Å². The van der Waals surface area contributed by atoms with Crippen molar-refractivity contribution in [2.45, 2.75) is 76.9 Å². The highest BCUT2D eigenvalue weighted by Gasteiger charge is 2.79. The van der Waals surface area contributed by atoms with Crippen LogP contribution >= 0.6 is 0 Å². The molecule has 0 bridgehead atoms. The van der Waals surface area contributed by atoms with Crippen molar-refractivity contribution in [1.29, 1.82) is 0 Å². The molecule has 0 heterocycles. The van der Waals surface area contributed by atoms with Gasteiger partial charge in [0, 0.05) is 36.5 Å². The number of esters is 1. The second-order valence-corrected chi connectivity index (χ2v) is 15.6. The highest BCUT2D eigenvalue weighted by atomic mass is 32.2. The van der Waals surface area contributed by atoms with Gasteiger partial charge in [0.1, 0.15) is 17.8 Å². The van der Waals surface area contributed by atoms with Crippen molar-refractivity contribution < 1.29 is 58.6 Å². The van der Waals surface area contributed by atoms with Crippen LogP contribution in [0.25, 0.3) is 0 Å². The minimum Gasteiger partial charge on any atom is -0.458 e. The predicted molar refractivity (Wildman–Crippen MR) is 139 cm³/mol. The smallest absolute Gasteiger partial charge is 0.303 e. The van der Waals surface area contributed by atoms with E-state index in [1.807, 2.05) is 0 Å². The lowest BCUT2D eigenvalue weighted by Gasteiger charge is -2.63. The molecule has 4 aliphatic carbocycles. The maximum absolute atomic E-state index is 17.9. The van der Waals surface area contributed by atoms with E-state index >= 15 is 4.39 Å². The van der Waals surface area contributed by atoms with Crippen LogP contribution in [0.3, 0.4) is 0 Å². The summed E-state index contributed by atoms with van der Waals surface area (Å²) in [7, 11) is -8.82. The molecule has 0 aromatic rings. The summed E-state index contributed by atoms with van der Waals surface area (Å²) >= 11 is 0. The van der Waals surface area contributed by atoms with Gasteiger partial charge in [-0.05, 0) is 36.3 Å². The van der Waals surface area contributed by atoms with Gasteiger partial charge in [-0.15, -0.1) is 0 Å². The van der Waals surface area contributed by atoms with Crippen LogP contribution in [0, 0.1) is 28.6 Å². The summed E-state index contributed by atoms with van der Waals surface area (Å²) in [5.41, 5.74) is -8.90. The largest absolute Gasteiger partial charge is 0.458 e. The average molecular weight is 623 g/mol. The summed E-state index contributed by atoms with van der Waals surface area (Å²) in [4.78, 5) is 51.3. The molecule has 0 radical (unpaired) electrons. The predicted octanol–water partition coefficient (Wildman–Crippen LogP) is 0.808. The number of fused-ring (bicyclic) bond motifs is 5. The zero-order valence-corrected chi connectivity index (χ0v) is 25.3. The normalized spacial score (nSPS) is 42.5. The summed E-state index contributed by atoms with van der Waals surface area (Å²) in [5, 5.41) is 11.9. The quantitative estimate of drug-likeness (QED) is 0.312. The Hall–Kier alpha value is -2.07. The van der Waals surface area contributed by atoms with Gasteiger partial charge in [-0.25, -0.2) is 4.39 Å². The lowest BCUT2D eigenvalue weighted by molar-refractivity contribution is -0.211. The lowest BCUT2D eigenvalue weighted by atomic mass is 9.43. The minimum absolute atomic E-state index is 0.0916. The third-order valence-electron chi connectivity index (χ3n) is 9.82. The summed E-state index contributed by atoms with van der Waals surface area (Å²) in [6.45, 7) is 4.54. The Balaban J connectivity index is 1.99. The Morgan fingerprint density at radius 2 is 1.68 bits per heavy atom. The molecule has 0 aliphatic heterocycles. The molecule has 0 amide bonds. The molecule has 0 aromatic carbocycles. The van der Waals surface area contributed by atoms with E-state index < -0.39 is 109 Å². The van der Waals surface area contributed by atoms with E-state index in [1.165, 1.54) is 20.8 Å². The van der Waals surface area contributed by atoms with E-state index in [-0.39, 0.29) is 24.8 Å². The van der Waals surface area contributed by atoms with E-state index in [0.717, 1.165) is 13.0 Å². The van der Waals surface area contributed by atoms with E-state index in [2.05, 4.69) is 0 Å². The van der Waals surface area contributed by atoms with Gasteiger partial charge < -0.3 is 9.84 Å². The minimum atomic E-state index is -4.46. The molecule has 9 atom stereocenters. The zero-order valence-electron chi connectivity index (χ0n) is 23.6. The SMILES string of the molecule is CC(=O)OCC(=O)[C@@]1(O)C(C)C[C@H]2[C@@H]3C(OS(C)(=O)=O)C(OS(C)(=O)=O)C4=CC(=O)CC[C@]4(C)[C@@]3(F)C(=O)C[C@@]21C. The molecular weight excluding hydrogens is 587 g/mol. The summed E-state index contributed by atoms with van der Waals surface area (Å²) in [6, 6.07) is 0. The molecule has 0 saturated heterocycles. The van der Waals surface area contributed by atoms with Crippen LogP contribution in [-0.4, -0.2) is 87.9 Å². The number of ketones is 3. The Bertz CT molecular complexity index is 1450. The van der Waals surface area contributed by atoms with Gasteiger partial charge in [0.2, 0.25) is 5.78 Å². The molecular formula is C26H35FO12S2. The molecule has 15 heteroatoms. The van der Waals surface area contributed by atoms with Crippen molar-refractivity contribution in [3.8, 4) is 0 Å². The third-order valence-corrected chi connectivity index (χ3v) is 10.9. The molecule has 4 rings (SSSR count). The van der Waals surface area contributed by atoms with Crippen molar-refractivity contribution in [3.05, 3.63) is 11.6 Å². The topological polar surface area (TPSA) is 184 Å². The lowest BCUT2D eigenvalue weighted by Crippen LogP contribution is -2.74. The maximum Gasteiger partial charge on any atom is 0.303 e. The second kappa shape index (κ2) is 9.73. The number of aliphatic hydroxyl groups is 1. The number of carbonyl (C=O) groups excluding carboxylic acids is 4. The second-order valence-electron chi connectivity index (χ2n) is 12.4. The number of hydrogen-bond acceptors (Lipinski definition) is 12. The highest BCUT2D eigenvalue weighted by Crippen LogP contribution is 2.71. The Labute approximate surface area is 238 Å². The van der Waals surface area contributed by atoms with Gasteiger partial charge in [-0.2, -0.15) is 16.8 Å². The standard InChI is InChI=1S/C26H35FO12S2/c1-13-9-16-20-22(39-41(6,35)36)21(38-40(5,33)34)17-10-15(29)7-8-23(17,3)25(20,27)18(30)11-24(16,4)26(13,32)19(31)12-37-14(2)28/h10,13,16,20-22,32H,7-9,11-12H2,1-6H3/t13?,16-,20+,21?,22?,23-,24-,25+,26-/m0/s1. The number of hydrogen-bond donors (Lipinski definition) is 1. The van der Waals surface area contributed by atoms with Gasteiger partial charge in [0.05, 0.1) is 12.5 Å². The Kier molecular flexibility index (Phi) is 7.56. The van der Waals surface area contributed by atoms with Crippen LogP contribution < -0.4 is 0 Å². The molecule has 0 aromatic heterocycles. The van der Waals surface area contributed by atoms with E-state index in [0.29, 0.717) is 12.5 Å². The highest BCUT2D eigenvalue weighted by molar-refractivity contribution is 7.86. The molecule has 3 fully saturated rings. The molecule has 3 saturated carbocycles. The van der Waals surface area contributed by atoms with Crippen LogP contribution in [0.4, 0.5) is 4.39 Å². The van der Waals surface area contributed by atoms with Gasteiger partial charge in [-0.3, -0.25) is 27.5 Å². The number of halogens is 1. The van der Waals surface area contributed by atoms with E-state index in [1.54, 1.807) is 0 Å². The van der Waals surface area contributed by atoms with Gasteiger partial charge >= 0.3 is 5.97 Å². The maximum atomic E-state index is 17.9. The first-order valence-corrected chi connectivity index (χ1v) is 16.8. The Morgan fingerprint density at radius 1 is 1.10 bits per heavy atom. The molecule has 4 aliphatic rings. The Morgan fingerprint density at radius 3 is 2.22 bits per heavy atom. The molecule has 3 unspecified atom stereocenters. The molecule has 1 N–H and O–H groups in total. The molecule has 41 heavy (non-hydrogen) atoms. The molecule has 230 valence electrons. The van der Waals surface area contributed by atoms with Crippen molar-refractivity contribution in [3.63, 3.8) is 0 Å². The van der Waals surface area contributed by atoms with Crippen LogP contribution in [0.2, 0.25) is 0 Å². The first kappa shape index (κ1) is 31.9. The fraction of sp³-hybridized carbons (Fsp3) is 0.769. The summed E-state index contributed by atoms with van der Waals surface area (Å²) in [5.74, 6) is -7.00. The number of rotatable bonds is 7. The monoisotopic (exact) mass is 622 g/mol. The van der Waals surface area contributed by atoms with Crippen molar-refractivity contribution in [2.24, 2.45) is 28.6 Å². The van der Waals surface area contributed by atoms with Gasteiger partial charge in [0.25, 0.3) is 20.2 Å². The number of ether oxygens (including phenoxy) is 1. The molecule has 0 spiro atoms. The van der Waals surface area contributed by atoms with Crippen molar-refractivity contribution in [1.82, 2.24) is 0 Å². The number of alkyl halides is 1. The first-order valence-electron chi connectivity index (χ1n) is 13.2. The average Bonchev–Trinajstić information content (AvgIpc) is 3.01. The van der Waals surface area contributed by atoms with Gasteiger partial charge in [-0.1, -0.05) is 20.8 Å². The summed E-state index contributed by atoms with van der Waals surface area (Å²) in [6.07, 6.45) is -2.52. The van der Waals surface area contributed by atoms with E-state index in [9.17, 15) is 41.1 Å². The van der Waals surface area contributed by atoms with Crippen LogP contribution in [0.1, 0.15) is 53.4 Å².